The van der Waals surface area contributed by atoms with Gasteiger partial charge in [0.2, 0.25) is 0 Å². The lowest BCUT2D eigenvalue weighted by Crippen LogP contribution is -2.53. The van der Waals surface area contributed by atoms with Gasteiger partial charge in [-0.2, -0.15) is 0 Å². The summed E-state index contributed by atoms with van der Waals surface area (Å²) in [7, 11) is 0. The van der Waals surface area contributed by atoms with Crippen LogP contribution in [0.25, 0.3) is 0 Å². The van der Waals surface area contributed by atoms with E-state index in [9.17, 15) is 9.59 Å². The summed E-state index contributed by atoms with van der Waals surface area (Å²) in [6.45, 7) is 11.7. The number of ketones is 2. The topological polar surface area (TPSA) is 34.1 Å². The number of carbonyl (C=O) groups is 2. The van der Waals surface area contributed by atoms with E-state index in [2.05, 4.69) is 20.8 Å². The highest BCUT2D eigenvalue weighted by atomic mass is 16.1. The maximum Gasteiger partial charge on any atom is 0.135 e. The van der Waals surface area contributed by atoms with E-state index in [1.807, 2.05) is 13.8 Å². The molecule has 0 radical (unpaired) electrons. The maximum absolute atomic E-state index is 12.2. The van der Waals surface area contributed by atoms with Crippen molar-refractivity contribution in [2.75, 3.05) is 0 Å². The molecule has 0 aromatic carbocycles. The third-order valence-corrected chi connectivity index (χ3v) is 10.7. The zero-order valence-electron chi connectivity index (χ0n) is 19.6. The van der Waals surface area contributed by atoms with Gasteiger partial charge in [0.05, 0.1) is 0 Å². The fraction of sp³-hybridized carbons (Fsp3) is 0.926. The molecule has 0 N–H and O–H groups in total. The molecule has 0 saturated heterocycles. The number of hydrogen-bond acceptors (Lipinski definition) is 2. The van der Waals surface area contributed by atoms with Crippen LogP contribution in [0.3, 0.4) is 0 Å². The Balaban J connectivity index is 1.47. The maximum atomic E-state index is 12.2. The molecule has 0 heterocycles. The first-order valence-electron chi connectivity index (χ1n) is 12.7. The molecule has 0 aromatic rings. The van der Waals surface area contributed by atoms with Crippen LogP contribution in [0.5, 0.6) is 0 Å². The lowest BCUT2D eigenvalue weighted by Gasteiger charge is -2.60. The quantitative estimate of drug-likeness (QED) is 0.505. The van der Waals surface area contributed by atoms with Crippen molar-refractivity contribution in [1.82, 2.24) is 0 Å². The van der Waals surface area contributed by atoms with Gasteiger partial charge in [-0.25, -0.2) is 0 Å². The van der Waals surface area contributed by atoms with Crippen molar-refractivity contribution in [1.29, 1.82) is 0 Å². The van der Waals surface area contributed by atoms with Crippen LogP contribution < -0.4 is 0 Å². The van der Waals surface area contributed by atoms with Gasteiger partial charge in [-0.3, -0.25) is 9.59 Å². The van der Waals surface area contributed by atoms with Crippen LogP contribution in [-0.2, 0) is 9.59 Å². The Kier molecular flexibility index (Phi) is 5.79. The lowest BCUT2D eigenvalue weighted by molar-refractivity contribution is -0.140. The Morgan fingerprint density at radius 2 is 1.69 bits per heavy atom. The van der Waals surface area contributed by atoms with Gasteiger partial charge in [-0.1, -0.05) is 34.6 Å². The molecule has 4 fully saturated rings. The molecule has 0 aliphatic heterocycles. The molecule has 8 atom stereocenters. The van der Waals surface area contributed by atoms with Gasteiger partial charge in [0.15, 0.2) is 0 Å². The third kappa shape index (κ3) is 3.55. The Morgan fingerprint density at radius 3 is 2.41 bits per heavy atom. The summed E-state index contributed by atoms with van der Waals surface area (Å²) < 4.78 is 0. The van der Waals surface area contributed by atoms with E-state index in [1.54, 1.807) is 0 Å². The summed E-state index contributed by atoms with van der Waals surface area (Å²) in [5.41, 5.74) is 0.903. The van der Waals surface area contributed by atoms with Crippen LogP contribution in [0, 0.1) is 52.3 Å². The first kappa shape index (κ1) is 21.6. The largest absolute Gasteiger partial charge is 0.300 e. The van der Waals surface area contributed by atoms with Crippen molar-refractivity contribution < 1.29 is 9.59 Å². The number of Topliss-reactive ketones (excluding diaryl/α,β-unsaturated/α-hetero) is 2. The SMILES string of the molecule is CC(C)C(=O)CCC(C)C1CCC2C3CCC4CC(=O)CCC4(C)C3CCC12C. The average molecular weight is 401 g/mol. The predicted molar refractivity (Wildman–Crippen MR) is 118 cm³/mol. The number of hydrogen-bond donors (Lipinski definition) is 0. The Morgan fingerprint density at radius 1 is 0.966 bits per heavy atom. The van der Waals surface area contributed by atoms with E-state index < -0.39 is 0 Å². The van der Waals surface area contributed by atoms with Gasteiger partial charge < -0.3 is 0 Å². The first-order chi connectivity index (χ1) is 13.7. The van der Waals surface area contributed by atoms with Crippen LogP contribution in [-0.4, -0.2) is 11.6 Å². The normalized spacial score (nSPS) is 45.4. The highest BCUT2D eigenvalue weighted by molar-refractivity contribution is 5.80. The standard InChI is InChI=1S/C27H44O2/c1-17(2)25(29)11-6-18(3)22-9-10-23-21-8-7-19-16-20(28)12-14-26(19,4)24(21)13-15-27(22,23)5/h17-19,21-24H,6-16H2,1-5H3. The van der Waals surface area contributed by atoms with Crippen molar-refractivity contribution in [2.24, 2.45) is 52.3 Å². The molecule has 4 aliphatic carbocycles. The molecule has 4 aliphatic rings. The lowest BCUT2D eigenvalue weighted by atomic mass is 9.44. The molecule has 8 unspecified atom stereocenters. The van der Waals surface area contributed by atoms with E-state index in [1.165, 1.54) is 38.5 Å². The predicted octanol–water partition coefficient (Wildman–Crippen LogP) is 6.86. The van der Waals surface area contributed by atoms with E-state index in [4.69, 9.17) is 0 Å². The second-order valence-corrected chi connectivity index (χ2v) is 12.3. The van der Waals surface area contributed by atoms with Crippen LogP contribution in [0.15, 0.2) is 0 Å². The van der Waals surface area contributed by atoms with Crippen molar-refractivity contribution in [3.63, 3.8) is 0 Å². The van der Waals surface area contributed by atoms with Crippen LogP contribution in [0.4, 0.5) is 0 Å². The summed E-state index contributed by atoms with van der Waals surface area (Å²) in [5.74, 6) is 5.90. The Labute approximate surface area is 179 Å². The summed E-state index contributed by atoms with van der Waals surface area (Å²) >= 11 is 0. The minimum Gasteiger partial charge on any atom is -0.300 e. The summed E-state index contributed by atoms with van der Waals surface area (Å²) in [6, 6.07) is 0. The minimum atomic E-state index is 0.183. The number of carbonyl (C=O) groups excluding carboxylic acids is 2. The third-order valence-electron chi connectivity index (χ3n) is 10.7. The average Bonchev–Trinajstić information content (AvgIpc) is 3.03. The Bertz CT molecular complexity index is 651. The molecule has 164 valence electrons. The highest BCUT2D eigenvalue weighted by Crippen LogP contribution is 2.68. The highest BCUT2D eigenvalue weighted by Gasteiger charge is 2.60. The number of rotatable bonds is 5. The van der Waals surface area contributed by atoms with E-state index >= 15 is 0 Å². The minimum absolute atomic E-state index is 0.183. The molecule has 4 rings (SSSR count). The van der Waals surface area contributed by atoms with Gasteiger partial charge in [-0.05, 0) is 97.7 Å². The fourth-order valence-corrected chi connectivity index (χ4v) is 8.88. The fourth-order valence-electron chi connectivity index (χ4n) is 8.88. The van der Waals surface area contributed by atoms with Gasteiger partial charge in [0, 0.05) is 25.2 Å². The molecule has 0 bridgehead atoms. The van der Waals surface area contributed by atoms with Crippen molar-refractivity contribution in [2.45, 2.75) is 105 Å². The first-order valence-corrected chi connectivity index (χ1v) is 12.7. The van der Waals surface area contributed by atoms with Gasteiger partial charge >= 0.3 is 0 Å². The summed E-state index contributed by atoms with van der Waals surface area (Å²) in [6.07, 6.45) is 12.9. The summed E-state index contributed by atoms with van der Waals surface area (Å²) in [4.78, 5) is 24.3. The van der Waals surface area contributed by atoms with Gasteiger partial charge in [0.25, 0.3) is 0 Å². The van der Waals surface area contributed by atoms with E-state index in [0.717, 1.165) is 55.8 Å². The monoisotopic (exact) mass is 400 g/mol. The van der Waals surface area contributed by atoms with Gasteiger partial charge in [-0.15, -0.1) is 0 Å². The van der Waals surface area contributed by atoms with Gasteiger partial charge in [0.1, 0.15) is 11.6 Å². The molecule has 2 nitrogen and oxygen atoms in total. The molecule has 0 amide bonds. The number of fused-ring (bicyclic) bond motifs is 5. The van der Waals surface area contributed by atoms with E-state index in [-0.39, 0.29) is 5.92 Å². The zero-order valence-corrected chi connectivity index (χ0v) is 19.6. The van der Waals surface area contributed by atoms with Crippen LogP contribution in [0.1, 0.15) is 105 Å². The van der Waals surface area contributed by atoms with Crippen molar-refractivity contribution >= 4 is 11.6 Å². The zero-order chi connectivity index (χ0) is 21.0. The van der Waals surface area contributed by atoms with Crippen molar-refractivity contribution in [3.8, 4) is 0 Å². The smallest absolute Gasteiger partial charge is 0.135 e. The van der Waals surface area contributed by atoms with E-state index in [0.29, 0.717) is 34.2 Å². The second kappa shape index (κ2) is 7.79. The Hall–Kier alpha value is -0.660. The molecule has 0 spiro atoms. The summed E-state index contributed by atoms with van der Waals surface area (Å²) in [5, 5.41) is 0. The molecule has 0 aromatic heterocycles. The molecular formula is C27H44O2. The molecular weight excluding hydrogens is 356 g/mol. The molecule has 2 heteroatoms. The van der Waals surface area contributed by atoms with Crippen LogP contribution >= 0.6 is 0 Å². The van der Waals surface area contributed by atoms with Crippen LogP contribution in [0.2, 0.25) is 0 Å². The molecule has 29 heavy (non-hydrogen) atoms. The molecule has 4 saturated carbocycles. The second-order valence-electron chi connectivity index (χ2n) is 12.3. The van der Waals surface area contributed by atoms with Crippen molar-refractivity contribution in [3.05, 3.63) is 0 Å².